The van der Waals surface area contributed by atoms with Crippen LogP contribution in [0, 0.1) is 0 Å². The molecule has 0 unspecified atom stereocenters. The van der Waals surface area contributed by atoms with Gasteiger partial charge in [-0.3, -0.25) is 0 Å². The minimum atomic E-state index is 0.650. The zero-order chi connectivity index (χ0) is 13.8. The highest BCUT2D eigenvalue weighted by Gasteiger charge is 2.11. The summed E-state index contributed by atoms with van der Waals surface area (Å²) in [6, 6.07) is 8.77. The molecular formula is C16H22N4. The summed E-state index contributed by atoms with van der Waals surface area (Å²) in [6.45, 7) is 3.02. The molecule has 0 radical (unpaired) electrons. The van der Waals surface area contributed by atoms with Gasteiger partial charge in [0.15, 0.2) is 0 Å². The van der Waals surface area contributed by atoms with Crippen LogP contribution in [0.15, 0.2) is 36.8 Å². The van der Waals surface area contributed by atoms with Crippen LogP contribution in [0.4, 0.5) is 5.69 Å². The second-order valence-corrected chi connectivity index (χ2v) is 5.36. The lowest BCUT2D eigenvalue weighted by Crippen LogP contribution is -2.29. The monoisotopic (exact) mass is 270 g/mol. The molecule has 1 aliphatic heterocycles. The molecule has 0 atom stereocenters. The maximum atomic E-state index is 5.64. The molecule has 2 heterocycles. The Balaban J connectivity index is 1.79. The molecule has 3 rings (SSSR count). The van der Waals surface area contributed by atoms with Gasteiger partial charge in [-0.1, -0.05) is 0 Å². The molecule has 1 aromatic carbocycles. The molecule has 20 heavy (non-hydrogen) atoms. The van der Waals surface area contributed by atoms with Crippen LogP contribution in [0.25, 0.3) is 5.69 Å². The number of benzene rings is 1. The van der Waals surface area contributed by atoms with Crippen LogP contribution in [-0.2, 0) is 6.42 Å². The molecule has 0 bridgehead atoms. The molecule has 1 aliphatic rings. The quantitative estimate of drug-likeness (QED) is 0.927. The second kappa shape index (κ2) is 6.09. The van der Waals surface area contributed by atoms with Gasteiger partial charge >= 0.3 is 0 Å². The predicted molar refractivity (Wildman–Crippen MR) is 82.4 cm³/mol. The van der Waals surface area contributed by atoms with E-state index in [1.54, 1.807) is 0 Å². The van der Waals surface area contributed by atoms with E-state index in [1.807, 2.05) is 12.5 Å². The van der Waals surface area contributed by atoms with Crippen LogP contribution >= 0.6 is 0 Å². The third-order valence-corrected chi connectivity index (χ3v) is 3.96. The first-order valence-electron chi connectivity index (χ1n) is 7.45. The number of hydrogen-bond acceptors (Lipinski definition) is 3. The summed E-state index contributed by atoms with van der Waals surface area (Å²) in [7, 11) is 0. The number of imidazole rings is 1. The average Bonchev–Trinajstić information content (AvgIpc) is 2.97. The van der Waals surface area contributed by atoms with E-state index in [4.69, 9.17) is 5.73 Å². The van der Waals surface area contributed by atoms with Crippen molar-refractivity contribution in [3.8, 4) is 5.69 Å². The van der Waals surface area contributed by atoms with Crippen LogP contribution in [0.3, 0.4) is 0 Å². The van der Waals surface area contributed by atoms with E-state index in [-0.39, 0.29) is 0 Å². The van der Waals surface area contributed by atoms with Gasteiger partial charge in [0.05, 0.1) is 6.33 Å². The first-order valence-corrected chi connectivity index (χ1v) is 7.45. The number of piperidine rings is 1. The molecule has 1 fully saturated rings. The van der Waals surface area contributed by atoms with Gasteiger partial charge in [0, 0.05) is 42.8 Å². The minimum absolute atomic E-state index is 0.650. The van der Waals surface area contributed by atoms with E-state index in [9.17, 15) is 0 Å². The van der Waals surface area contributed by atoms with Gasteiger partial charge in [0.25, 0.3) is 0 Å². The summed E-state index contributed by atoms with van der Waals surface area (Å²) in [5.41, 5.74) is 9.29. The van der Waals surface area contributed by atoms with Crippen LogP contribution < -0.4 is 10.6 Å². The van der Waals surface area contributed by atoms with Crippen molar-refractivity contribution in [2.45, 2.75) is 25.7 Å². The van der Waals surface area contributed by atoms with Crippen LogP contribution in [-0.4, -0.2) is 29.2 Å². The molecule has 1 saturated heterocycles. The van der Waals surface area contributed by atoms with Crippen molar-refractivity contribution in [2.75, 3.05) is 24.5 Å². The lowest BCUT2D eigenvalue weighted by molar-refractivity contribution is 0.578. The zero-order valence-electron chi connectivity index (χ0n) is 11.8. The van der Waals surface area contributed by atoms with Crippen molar-refractivity contribution in [2.24, 2.45) is 5.73 Å². The van der Waals surface area contributed by atoms with Gasteiger partial charge in [-0.25, -0.2) is 4.98 Å². The lowest BCUT2D eigenvalue weighted by Gasteiger charge is -2.28. The fourth-order valence-electron chi connectivity index (χ4n) is 2.86. The Morgan fingerprint density at radius 3 is 2.40 bits per heavy atom. The molecule has 0 saturated carbocycles. The smallest absolute Gasteiger partial charge is 0.0994 e. The lowest BCUT2D eigenvalue weighted by atomic mass is 10.1. The van der Waals surface area contributed by atoms with Crippen LogP contribution in [0.1, 0.15) is 25.0 Å². The summed E-state index contributed by atoms with van der Waals surface area (Å²) in [6.07, 6.45) is 8.60. The Bertz CT molecular complexity index is 538. The molecule has 0 aliphatic carbocycles. The van der Waals surface area contributed by atoms with E-state index < -0.39 is 0 Å². The Morgan fingerprint density at radius 2 is 1.70 bits per heavy atom. The summed E-state index contributed by atoms with van der Waals surface area (Å²) < 4.78 is 2.12. The molecule has 1 aromatic heterocycles. The predicted octanol–water partition coefficient (Wildman–Crippen LogP) is 2.36. The van der Waals surface area contributed by atoms with Gasteiger partial charge in [-0.15, -0.1) is 0 Å². The number of hydrogen-bond donors (Lipinski definition) is 1. The first-order chi connectivity index (χ1) is 9.88. The van der Waals surface area contributed by atoms with Gasteiger partial charge in [-0.05, 0) is 50.1 Å². The maximum Gasteiger partial charge on any atom is 0.0994 e. The van der Waals surface area contributed by atoms with Crippen LogP contribution in [0.5, 0.6) is 0 Å². The molecular weight excluding hydrogens is 248 g/mol. The second-order valence-electron chi connectivity index (χ2n) is 5.36. The number of rotatable bonds is 4. The number of anilines is 1. The van der Waals surface area contributed by atoms with Crippen LogP contribution in [0.2, 0.25) is 0 Å². The van der Waals surface area contributed by atoms with Gasteiger partial charge in [0.1, 0.15) is 0 Å². The van der Waals surface area contributed by atoms with E-state index >= 15 is 0 Å². The molecule has 2 N–H and O–H groups in total. The summed E-state index contributed by atoms with van der Waals surface area (Å²) in [5, 5.41) is 0. The van der Waals surface area contributed by atoms with E-state index in [0.29, 0.717) is 6.54 Å². The Morgan fingerprint density at radius 1 is 1.00 bits per heavy atom. The van der Waals surface area contributed by atoms with Crippen molar-refractivity contribution < 1.29 is 0 Å². The average molecular weight is 270 g/mol. The van der Waals surface area contributed by atoms with Gasteiger partial charge < -0.3 is 15.2 Å². The van der Waals surface area contributed by atoms with E-state index in [0.717, 1.165) is 12.1 Å². The fraction of sp³-hybridized carbons (Fsp3) is 0.438. The highest BCUT2D eigenvalue weighted by Crippen LogP contribution is 2.22. The third kappa shape index (κ3) is 2.70. The SMILES string of the molecule is NCCc1cncn1-c1ccc(N2CCCCC2)cc1. The number of aromatic nitrogens is 2. The normalized spacial score (nSPS) is 15.6. The van der Waals surface area contributed by atoms with E-state index in [2.05, 4.69) is 38.7 Å². The van der Waals surface area contributed by atoms with Gasteiger partial charge in [0.2, 0.25) is 0 Å². The summed E-state index contributed by atoms with van der Waals surface area (Å²) in [4.78, 5) is 6.70. The summed E-state index contributed by atoms with van der Waals surface area (Å²) in [5.74, 6) is 0. The Kier molecular flexibility index (Phi) is 4.02. The van der Waals surface area contributed by atoms with Gasteiger partial charge in [-0.2, -0.15) is 0 Å². The molecule has 4 heteroatoms. The first kappa shape index (κ1) is 13.2. The van der Waals surface area contributed by atoms with Crippen molar-refractivity contribution in [3.05, 3.63) is 42.5 Å². The third-order valence-electron chi connectivity index (χ3n) is 3.96. The fourth-order valence-corrected chi connectivity index (χ4v) is 2.86. The standard InChI is InChI=1S/C16H22N4/c17-9-8-16-12-18-13-20(16)15-6-4-14(5-7-15)19-10-2-1-3-11-19/h4-7,12-13H,1-3,8-11,17H2. The topological polar surface area (TPSA) is 47.1 Å². The minimum Gasteiger partial charge on any atom is -0.372 e. The molecule has 0 spiro atoms. The highest BCUT2D eigenvalue weighted by atomic mass is 15.1. The van der Waals surface area contributed by atoms with Crippen molar-refractivity contribution in [3.63, 3.8) is 0 Å². The molecule has 2 aromatic rings. The Hall–Kier alpha value is -1.81. The van der Waals surface area contributed by atoms with Crippen molar-refractivity contribution in [1.29, 1.82) is 0 Å². The van der Waals surface area contributed by atoms with Crippen molar-refractivity contribution >= 4 is 5.69 Å². The highest BCUT2D eigenvalue weighted by molar-refractivity contribution is 5.51. The maximum absolute atomic E-state index is 5.64. The molecule has 4 nitrogen and oxygen atoms in total. The largest absolute Gasteiger partial charge is 0.372 e. The van der Waals surface area contributed by atoms with Crippen molar-refractivity contribution in [1.82, 2.24) is 9.55 Å². The molecule has 0 amide bonds. The zero-order valence-corrected chi connectivity index (χ0v) is 11.8. The Labute approximate surface area is 120 Å². The summed E-state index contributed by atoms with van der Waals surface area (Å²) >= 11 is 0. The number of nitrogens with zero attached hydrogens (tertiary/aromatic N) is 3. The molecule has 106 valence electrons. The number of nitrogens with two attached hydrogens (primary N) is 1. The van der Waals surface area contributed by atoms with E-state index in [1.165, 1.54) is 43.7 Å².